The Morgan fingerprint density at radius 3 is 2.73 bits per heavy atom. The van der Waals surface area contributed by atoms with Crippen LogP contribution in [-0.4, -0.2) is 20.9 Å². The second-order valence-corrected chi connectivity index (χ2v) is 8.85. The minimum atomic E-state index is 0.726. The van der Waals surface area contributed by atoms with Crippen LogP contribution in [0.15, 0.2) is 60.9 Å². The van der Waals surface area contributed by atoms with E-state index in [0.717, 1.165) is 45.1 Å². The fraction of sp³-hybridized carbons (Fsp3) is 0.280. The Balaban J connectivity index is 1.44. The summed E-state index contributed by atoms with van der Waals surface area (Å²) in [4.78, 5) is 11.4. The van der Waals surface area contributed by atoms with Gasteiger partial charge in [0.05, 0.1) is 9.75 Å². The number of hydrogen-bond acceptors (Lipinski definition) is 4. The molecule has 0 atom stereocenters. The first-order valence-corrected chi connectivity index (χ1v) is 11.4. The summed E-state index contributed by atoms with van der Waals surface area (Å²) in [7, 11) is 0. The molecule has 1 aliphatic rings. The summed E-state index contributed by atoms with van der Waals surface area (Å²) in [5.74, 6) is 9.03. The highest BCUT2D eigenvalue weighted by atomic mass is 32.1. The maximum atomic E-state index is 4.83. The first-order valence-electron chi connectivity index (χ1n) is 10.6. The van der Waals surface area contributed by atoms with Gasteiger partial charge in [0, 0.05) is 24.5 Å². The van der Waals surface area contributed by atoms with Crippen LogP contribution in [-0.2, 0) is 0 Å². The molecule has 4 aromatic rings. The maximum Gasteiger partial charge on any atom is 0.236 e. The van der Waals surface area contributed by atoms with Crippen LogP contribution in [0.2, 0.25) is 0 Å². The lowest BCUT2D eigenvalue weighted by atomic mass is 9.89. The number of nitrogens with zero attached hydrogens (tertiary/aromatic N) is 3. The van der Waals surface area contributed by atoms with Crippen molar-refractivity contribution < 1.29 is 0 Å². The Kier molecular flexibility index (Phi) is 5.50. The van der Waals surface area contributed by atoms with Crippen LogP contribution in [0.5, 0.6) is 0 Å². The largest absolute Gasteiger partial charge is 0.369 e. The van der Waals surface area contributed by atoms with Gasteiger partial charge in [0.1, 0.15) is 11.5 Å². The molecule has 1 fully saturated rings. The Morgan fingerprint density at radius 2 is 1.87 bits per heavy atom. The van der Waals surface area contributed by atoms with Gasteiger partial charge in [-0.15, -0.1) is 11.3 Å². The van der Waals surface area contributed by atoms with Gasteiger partial charge in [-0.3, -0.25) is 4.40 Å². The molecule has 1 N–H and O–H groups in total. The average Bonchev–Trinajstić information content (AvgIpc) is 3.42. The summed E-state index contributed by atoms with van der Waals surface area (Å²) in [5.41, 5.74) is 1.99. The van der Waals surface area contributed by atoms with E-state index in [0.29, 0.717) is 0 Å². The van der Waals surface area contributed by atoms with E-state index in [1.165, 1.54) is 32.1 Å². The van der Waals surface area contributed by atoms with Crippen molar-refractivity contribution in [2.24, 2.45) is 5.92 Å². The Bertz CT molecular complexity index is 1190. The summed E-state index contributed by atoms with van der Waals surface area (Å²) in [6, 6.07) is 16.2. The van der Waals surface area contributed by atoms with Crippen molar-refractivity contribution in [1.82, 2.24) is 14.4 Å². The van der Waals surface area contributed by atoms with Gasteiger partial charge in [-0.25, -0.2) is 9.97 Å². The zero-order valence-electron chi connectivity index (χ0n) is 16.8. The summed E-state index contributed by atoms with van der Waals surface area (Å²) < 4.78 is 2.06. The van der Waals surface area contributed by atoms with Crippen molar-refractivity contribution >= 4 is 22.9 Å². The number of thiophene rings is 1. The number of rotatable bonds is 4. The molecule has 150 valence electrons. The fourth-order valence-electron chi connectivity index (χ4n) is 4.05. The van der Waals surface area contributed by atoms with Crippen LogP contribution < -0.4 is 5.32 Å². The minimum Gasteiger partial charge on any atom is -0.369 e. The highest BCUT2D eigenvalue weighted by Crippen LogP contribution is 2.34. The van der Waals surface area contributed by atoms with Gasteiger partial charge in [-0.2, -0.15) is 0 Å². The van der Waals surface area contributed by atoms with Crippen LogP contribution in [0.3, 0.4) is 0 Å². The van der Waals surface area contributed by atoms with E-state index < -0.39 is 0 Å². The topological polar surface area (TPSA) is 42.2 Å². The van der Waals surface area contributed by atoms with Crippen molar-refractivity contribution in [1.29, 1.82) is 0 Å². The number of hydrogen-bond donors (Lipinski definition) is 1. The van der Waals surface area contributed by atoms with Gasteiger partial charge >= 0.3 is 0 Å². The predicted molar refractivity (Wildman–Crippen MR) is 124 cm³/mol. The summed E-state index contributed by atoms with van der Waals surface area (Å²) >= 11 is 1.68. The molecule has 3 heterocycles. The molecule has 5 rings (SSSR count). The molecule has 3 aromatic heterocycles. The fourth-order valence-corrected chi connectivity index (χ4v) is 4.90. The Labute approximate surface area is 181 Å². The minimum absolute atomic E-state index is 0.726. The lowest BCUT2D eigenvalue weighted by Crippen LogP contribution is -2.18. The monoisotopic (exact) mass is 412 g/mol. The molecule has 30 heavy (non-hydrogen) atoms. The van der Waals surface area contributed by atoms with E-state index in [-0.39, 0.29) is 0 Å². The van der Waals surface area contributed by atoms with Gasteiger partial charge < -0.3 is 5.32 Å². The van der Waals surface area contributed by atoms with E-state index >= 15 is 0 Å². The summed E-state index contributed by atoms with van der Waals surface area (Å²) in [6.45, 7) is 0.988. The first-order chi connectivity index (χ1) is 14.9. The molecule has 0 bridgehead atoms. The standard InChI is InChI=1S/C25H24N4S/c1-3-8-19(9-4-1)12-13-21-14-15-22(30-21)23-24(27-18-20-10-5-2-6-11-20)29-17-7-16-26-25(29)28-23/h1,3-4,7-9,14-17,20,27H,2,5-6,10-11,18H2. The van der Waals surface area contributed by atoms with Gasteiger partial charge in [-0.05, 0) is 49.1 Å². The van der Waals surface area contributed by atoms with Crippen LogP contribution in [0, 0.1) is 17.8 Å². The van der Waals surface area contributed by atoms with Gasteiger partial charge in [0.15, 0.2) is 0 Å². The van der Waals surface area contributed by atoms with Crippen LogP contribution in [0.1, 0.15) is 42.5 Å². The third kappa shape index (κ3) is 4.10. The quantitative estimate of drug-likeness (QED) is 0.428. The number of aromatic nitrogens is 3. The van der Waals surface area contributed by atoms with Gasteiger partial charge in [-0.1, -0.05) is 49.3 Å². The molecule has 5 heteroatoms. The maximum absolute atomic E-state index is 4.83. The lowest BCUT2D eigenvalue weighted by molar-refractivity contribution is 0.373. The van der Waals surface area contributed by atoms with Crippen molar-refractivity contribution in [2.75, 3.05) is 11.9 Å². The van der Waals surface area contributed by atoms with E-state index in [9.17, 15) is 0 Å². The molecule has 1 saturated carbocycles. The molecule has 1 aliphatic carbocycles. The summed E-state index contributed by atoms with van der Waals surface area (Å²) in [6.07, 6.45) is 10.5. The molecule has 0 saturated heterocycles. The molecule has 0 radical (unpaired) electrons. The molecule has 0 amide bonds. The highest BCUT2D eigenvalue weighted by Gasteiger charge is 2.19. The number of anilines is 1. The number of fused-ring (bicyclic) bond motifs is 1. The number of benzene rings is 1. The van der Waals surface area contributed by atoms with Gasteiger partial charge in [0.2, 0.25) is 5.78 Å². The van der Waals surface area contributed by atoms with Crippen LogP contribution >= 0.6 is 11.3 Å². The van der Waals surface area contributed by atoms with E-state index in [2.05, 4.69) is 38.7 Å². The SMILES string of the molecule is C(#Cc1ccc(-c2nc3ncccn3c2NCC2CCCCC2)s1)c1ccccc1. The smallest absolute Gasteiger partial charge is 0.236 e. The van der Waals surface area contributed by atoms with Crippen molar-refractivity contribution in [3.05, 3.63) is 71.4 Å². The second kappa shape index (κ2) is 8.73. The molecule has 0 aliphatic heterocycles. The lowest BCUT2D eigenvalue weighted by Gasteiger charge is -2.22. The zero-order chi connectivity index (χ0) is 20.2. The first kappa shape index (κ1) is 18.9. The van der Waals surface area contributed by atoms with Crippen LogP contribution in [0.25, 0.3) is 16.3 Å². The van der Waals surface area contributed by atoms with E-state index in [4.69, 9.17) is 4.98 Å². The van der Waals surface area contributed by atoms with Crippen LogP contribution in [0.4, 0.5) is 5.82 Å². The number of imidazole rings is 1. The second-order valence-electron chi connectivity index (χ2n) is 7.76. The molecule has 4 nitrogen and oxygen atoms in total. The Morgan fingerprint density at radius 1 is 1.00 bits per heavy atom. The van der Waals surface area contributed by atoms with E-state index in [1.807, 2.05) is 42.6 Å². The third-order valence-corrected chi connectivity index (χ3v) is 6.64. The third-order valence-electron chi connectivity index (χ3n) is 5.63. The van der Waals surface area contributed by atoms with Crippen molar-refractivity contribution in [2.45, 2.75) is 32.1 Å². The zero-order valence-corrected chi connectivity index (χ0v) is 17.7. The summed E-state index contributed by atoms with van der Waals surface area (Å²) in [5, 5.41) is 3.70. The van der Waals surface area contributed by atoms with Crippen molar-refractivity contribution in [3.63, 3.8) is 0 Å². The van der Waals surface area contributed by atoms with Gasteiger partial charge in [0.25, 0.3) is 0 Å². The molecular weight excluding hydrogens is 388 g/mol. The van der Waals surface area contributed by atoms with E-state index in [1.54, 1.807) is 17.5 Å². The normalized spacial score (nSPS) is 14.4. The Hall–Kier alpha value is -3.10. The number of nitrogens with one attached hydrogen (secondary N) is 1. The molecule has 0 unspecified atom stereocenters. The molecule has 1 aromatic carbocycles. The van der Waals surface area contributed by atoms with Crippen molar-refractivity contribution in [3.8, 4) is 22.4 Å². The molecular formula is C25H24N4S. The average molecular weight is 413 g/mol. The molecule has 0 spiro atoms. The highest BCUT2D eigenvalue weighted by molar-refractivity contribution is 7.16. The predicted octanol–water partition coefficient (Wildman–Crippen LogP) is 5.85.